The van der Waals surface area contributed by atoms with Crippen LogP contribution in [-0.2, 0) is 19.2 Å². The minimum absolute atomic E-state index is 0.00742. The van der Waals surface area contributed by atoms with Crippen molar-refractivity contribution in [2.24, 2.45) is 34.5 Å². The maximum atomic E-state index is 13.7. The van der Waals surface area contributed by atoms with E-state index >= 15 is 0 Å². The van der Waals surface area contributed by atoms with E-state index < -0.39 is 23.5 Å². The molecule has 0 spiro atoms. The number of carbonyl (C=O) groups excluding carboxylic acids is 4. The van der Waals surface area contributed by atoms with E-state index in [9.17, 15) is 24.4 Å². The van der Waals surface area contributed by atoms with E-state index in [4.69, 9.17) is 0 Å². The molecule has 1 aliphatic carbocycles. The van der Waals surface area contributed by atoms with Crippen LogP contribution >= 0.6 is 0 Å². The van der Waals surface area contributed by atoms with Crippen molar-refractivity contribution in [1.29, 1.82) is 5.26 Å². The number of hydrogen-bond donors (Lipinski definition) is 3. The number of amides is 4. The smallest absolute Gasteiger partial charge is 0.246 e. The second-order valence-electron chi connectivity index (χ2n) is 12.1. The number of fused-ring (bicyclic) bond motifs is 1. The molecule has 1 saturated carbocycles. The normalized spacial score (nSPS) is 29.0. The molecule has 2 unspecified atom stereocenters. The molecule has 4 amide bonds. The Bertz CT molecular complexity index is 900. The van der Waals surface area contributed by atoms with Gasteiger partial charge in [-0.05, 0) is 35.5 Å². The van der Waals surface area contributed by atoms with Crippen LogP contribution in [0.2, 0.25) is 0 Å². The molecule has 3 N–H and O–H groups in total. The first-order valence-electron chi connectivity index (χ1n) is 12.3. The Kier molecular flexibility index (Phi) is 7.03. The maximum Gasteiger partial charge on any atom is 0.246 e. The van der Waals surface area contributed by atoms with Gasteiger partial charge in [0.1, 0.15) is 18.1 Å². The molecule has 34 heavy (non-hydrogen) atoms. The molecular weight excluding hydrogens is 434 g/mol. The van der Waals surface area contributed by atoms with Gasteiger partial charge >= 0.3 is 0 Å². The summed E-state index contributed by atoms with van der Waals surface area (Å²) in [5.74, 6) is -1.32. The van der Waals surface area contributed by atoms with Gasteiger partial charge in [-0.1, -0.05) is 48.5 Å². The lowest BCUT2D eigenvalue weighted by Gasteiger charge is -2.38. The number of nitrogens with one attached hydrogen (secondary N) is 3. The van der Waals surface area contributed by atoms with E-state index in [-0.39, 0.29) is 59.1 Å². The topological polar surface area (TPSA) is 131 Å². The van der Waals surface area contributed by atoms with E-state index in [0.717, 1.165) is 0 Å². The highest BCUT2D eigenvalue weighted by Crippen LogP contribution is 2.65. The predicted molar refractivity (Wildman–Crippen MR) is 126 cm³/mol. The van der Waals surface area contributed by atoms with Crippen molar-refractivity contribution in [2.45, 2.75) is 79.4 Å². The molecule has 2 aliphatic heterocycles. The van der Waals surface area contributed by atoms with E-state index in [1.54, 1.807) is 18.7 Å². The molecule has 0 radical (unpaired) electrons. The van der Waals surface area contributed by atoms with Gasteiger partial charge in [0.2, 0.25) is 23.6 Å². The summed E-state index contributed by atoms with van der Waals surface area (Å²) in [6.07, 6.45) is 0.892. The fourth-order valence-corrected chi connectivity index (χ4v) is 5.49. The van der Waals surface area contributed by atoms with Crippen LogP contribution in [0.15, 0.2) is 0 Å². The van der Waals surface area contributed by atoms with Gasteiger partial charge in [-0.25, -0.2) is 0 Å². The van der Waals surface area contributed by atoms with Crippen molar-refractivity contribution in [3.63, 3.8) is 0 Å². The summed E-state index contributed by atoms with van der Waals surface area (Å²) in [6.45, 7) is 14.4. The maximum absolute atomic E-state index is 13.7. The Morgan fingerprint density at radius 2 is 1.88 bits per heavy atom. The monoisotopic (exact) mass is 473 g/mol. The molecule has 188 valence electrons. The van der Waals surface area contributed by atoms with Crippen molar-refractivity contribution in [1.82, 2.24) is 20.9 Å². The highest BCUT2D eigenvalue weighted by molar-refractivity contribution is 5.94. The lowest BCUT2D eigenvalue weighted by Crippen LogP contribution is -2.60. The first kappa shape index (κ1) is 26.0. The molecular formula is C25H39N5O4. The van der Waals surface area contributed by atoms with Crippen molar-refractivity contribution in [2.75, 3.05) is 13.1 Å². The zero-order chi connectivity index (χ0) is 25.6. The van der Waals surface area contributed by atoms with Crippen LogP contribution in [0.5, 0.6) is 0 Å². The van der Waals surface area contributed by atoms with Gasteiger partial charge < -0.3 is 20.9 Å². The Hall–Kier alpha value is -2.63. The van der Waals surface area contributed by atoms with E-state index in [1.807, 2.05) is 20.8 Å². The quantitative estimate of drug-likeness (QED) is 0.511. The Labute approximate surface area is 202 Å². The minimum atomic E-state index is -0.807. The summed E-state index contributed by atoms with van der Waals surface area (Å²) in [6, 6.07) is -0.175. The summed E-state index contributed by atoms with van der Waals surface area (Å²) in [4.78, 5) is 53.2. The number of rotatable bonds is 7. The van der Waals surface area contributed by atoms with E-state index in [2.05, 4.69) is 35.9 Å². The predicted octanol–water partition coefficient (Wildman–Crippen LogP) is 1.19. The van der Waals surface area contributed by atoms with Crippen LogP contribution in [0.25, 0.3) is 0 Å². The fraction of sp³-hybridized carbons (Fsp3) is 0.800. The second kappa shape index (κ2) is 9.20. The van der Waals surface area contributed by atoms with Crippen molar-refractivity contribution in [3.05, 3.63) is 0 Å². The molecule has 2 heterocycles. The molecule has 9 heteroatoms. The summed E-state index contributed by atoms with van der Waals surface area (Å²) in [5.41, 5.74) is -0.624. The summed E-state index contributed by atoms with van der Waals surface area (Å²) in [7, 11) is 0. The minimum Gasteiger partial charge on any atom is -0.356 e. The zero-order valence-corrected chi connectivity index (χ0v) is 21.4. The van der Waals surface area contributed by atoms with Crippen LogP contribution in [0, 0.1) is 45.8 Å². The summed E-state index contributed by atoms with van der Waals surface area (Å²) < 4.78 is 0. The fourth-order valence-electron chi connectivity index (χ4n) is 5.49. The first-order valence-corrected chi connectivity index (χ1v) is 12.3. The van der Waals surface area contributed by atoms with Crippen LogP contribution in [0.4, 0.5) is 0 Å². The highest BCUT2D eigenvalue weighted by atomic mass is 16.2. The molecule has 6 atom stereocenters. The number of nitriles is 1. The molecule has 3 rings (SSSR count). The lowest BCUT2D eigenvalue weighted by atomic mass is 9.84. The number of likely N-dealkylation sites (tertiary alicyclic amines) is 1. The number of nitrogens with zero attached hydrogens (tertiary/aromatic N) is 2. The molecule has 0 aromatic rings. The third kappa shape index (κ3) is 4.91. The standard InChI is InChI=1S/C25H39N5O4/c1-13(2)20(31)29-19(24(3,4)5)23(34)30-12-16-17(25(16,6)7)18(30)22(33)28-15(11-26)10-14-8-9-27-21(14)32/h13-19H,8-10,12H2,1-7H3,(H,27,32)(H,28,33)(H,29,31)/t14-,15-,16?,17-,18-,19?/m0/s1. The van der Waals surface area contributed by atoms with Gasteiger partial charge in [0, 0.05) is 24.9 Å². The third-order valence-electron chi connectivity index (χ3n) is 7.84. The van der Waals surface area contributed by atoms with Crippen molar-refractivity contribution in [3.8, 4) is 6.07 Å². The number of carbonyl (C=O) groups is 4. The zero-order valence-electron chi connectivity index (χ0n) is 21.4. The number of hydrogen-bond acceptors (Lipinski definition) is 5. The largest absolute Gasteiger partial charge is 0.356 e. The van der Waals surface area contributed by atoms with Gasteiger partial charge in [-0.15, -0.1) is 0 Å². The van der Waals surface area contributed by atoms with Crippen LogP contribution in [0.3, 0.4) is 0 Å². The van der Waals surface area contributed by atoms with E-state index in [0.29, 0.717) is 19.5 Å². The van der Waals surface area contributed by atoms with E-state index in [1.165, 1.54) is 0 Å². The molecule has 9 nitrogen and oxygen atoms in total. The SMILES string of the molecule is CC(C)C(=O)NC(C(=O)N1CC2[C@@H]([C@H]1C(=O)N[C@H](C#N)C[C@@H]1CCNC1=O)C2(C)C)C(C)(C)C. The Balaban J connectivity index is 1.79. The second-order valence-corrected chi connectivity index (χ2v) is 12.1. The van der Waals surface area contributed by atoms with Crippen LogP contribution in [0.1, 0.15) is 61.3 Å². The van der Waals surface area contributed by atoms with Crippen molar-refractivity contribution < 1.29 is 19.2 Å². The highest BCUT2D eigenvalue weighted by Gasteiger charge is 2.69. The van der Waals surface area contributed by atoms with Crippen LogP contribution in [-0.4, -0.2) is 59.7 Å². The molecule has 0 bridgehead atoms. The average Bonchev–Trinajstić information content (AvgIpc) is 3.10. The van der Waals surface area contributed by atoms with Gasteiger partial charge in [-0.2, -0.15) is 5.26 Å². The molecule has 3 fully saturated rings. The Morgan fingerprint density at radius 1 is 1.24 bits per heavy atom. The van der Waals surface area contributed by atoms with Gasteiger partial charge in [-0.3, -0.25) is 19.2 Å². The van der Waals surface area contributed by atoms with Gasteiger partial charge in [0.15, 0.2) is 0 Å². The Morgan fingerprint density at radius 3 is 2.38 bits per heavy atom. The molecule has 0 aromatic heterocycles. The molecule has 3 aliphatic rings. The van der Waals surface area contributed by atoms with Gasteiger partial charge in [0.25, 0.3) is 0 Å². The lowest BCUT2D eigenvalue weighted by molar-refractivity contribution is -0.146. The third-order valence-corrected chi connectivity index (χ3v) is 7.84. The van der Waals surface area contributed by atoms with Crippen molar-refractivity contribution >= 4 is 23.6 Å². The first-order chi connectivity index (χ1) is 15.7. The molecule has 2 saturated heterocycles. The summed E-state index contributed by atoms with van der Waals surface area (Å²) >= 11 is 0. The van der Waals surface area contributed by atoms with Gasteiger partial charge in [0.05, 0.1) is 6.07 Å². The van der Waals surface area contributed by atoms with Crippen LogP contribution < -0.4 is 16.0 Å². The number of piperidine rings is 1. The molecule has 0 aromatic carbocycles. The summed E-state index contributed by atoms with van der Waals surface area (Å²) in [5, 5.41) is 18.1. The average molecular weight is 474 g/mol.